The normalized spacial score (nSPS) is 19.4. The zero-order valence-electron chi connectivity index (χ0n) is 21.2. The number of piperidine rings is 2. The van der Waals surface area contributed by atoms with Crippen molar-refractivity contribution in [3.05, 3.63) is 47.0 Å². The molecule has 1 aromatic carbocycles. The van der Waals surface area contributed by atoms with E-state index in [-0.39, 0.29) is 40.3 Å². The molecule has 5 heterocycles. The lowest BCUT2D eigenvalue weighted by atomic mass is 9.91. The van der Waals surface area contributed by atoms with Crippen LogP contribution in [-0.4, -0.2) is 63.1 Å². The molecule has 2 aromatic heterocycles. The van der Waals surface area contributed by atoms with Gasteiger partial charge in [0.1, 0.15) is 23.3 Å². The van der Waals surface area contributed by atoms with E-state index in [0.717, 1.165) is 12.8 Å². The van der Waals surface area contributed by atoms with Gasteiger partial charge in [-0.15, -0.1) is 0 Å². The van der Waals surface area contributed by atoms with Crippen molar-refractivity contribution >= 4 is 46.1 Å². The first-order valence-corrected chi connectivity index (χ1v) is 12.8. The summed E-state index contributed by atoms with van der Waals surface area (Å²) in [6.07, 6.45) is -0.460. The van der Waals surface area contributed by atoms with Gasteiger partial charge in [0.05, 0.1) is 22.3 Å². The molecule has 0 spiro atoms. The Labute approximate surface area is 223 Å². The number of carbonyl (C=O) groups excluding carboxylic acids is 1. The highest BCUT2D eigenvalue weighted by Crippen LogP contribution is 2.35. The summed E-state index contributed by atoms with van der Waals surface area (Å²) in [6, 6.07) is 6.47. The van der Waals surface area contributed by atoms with Crippen molar-refractivity contribution in [2.24, 2.45) is 0 Å². The van der Waals surface area contributed by atoms with Crippen LogP contribution in [0.1, 0.15) is 39.2 Å². The van der Waals surface area contributed by atoms with Crippen LogP contribution in [0.3, 0.4) is 0 Å². The van der Waals surface area contributed by atoms with E-state index in [9.17, 15) is 18.0 Å². The van der Waals surface area contributed by atoms with Gasteiger partial charge in [-0.25, -0.2) is 32.9 Å². The number of hydrogen-bond acceptors (Lipinski definition) is 7. The van der Waals surface area contributed by atoms with Crippen molar-refractivity contribution < 1.29 is 22.7 Å². The predicted molar refractivity (Wildman–Crippen MR) is 139 cm³/mol. The lowest BCUT2D eigenvalue weighted by Crippen LogP contribution is -2.64. The number of amides is 1. The Bertz CT molecular complexity index is 1370. The number of nitrogens with one attached hydrogen (secondary N) is 1. The molecule has 3 aliphatic heterocycles. The molecule has 202 valence electrons. The fourth-order valence-electron chi connectivity index (χ4n) is 4.97. The first kappa shape index (κ1) is 26.3. The molecule has 12 heteroatoms. The van der Waals surface area contributed by atoms with E-state index >= 15 is 0 Å². The molecule has 2 unspecified atom stereocenters. The minimum absolute atomic E-state index is 0.0000397. The van der Waals surface area contributed by atoms with Crippen molar-refractivity contribution in [2.45, 2.75) is 64.1 Å². The Morgan fingerprint density at radius 2 is 1.92 bits per heavy atom. The molecule has 2 atom stereocenters. The Morgan fingerprint density at radius 1 is 1.16 bits per heavy atom. The Morgan fingerprint density at radius 3 is 2.61 bits per heavy atom. The maximum Gasteiger partial charge on any atom is 0.410 e. The fraction of sp³-hybridized carbons (Fsp3) is 0.462. The van der Waals surface area contributed by atoms with Gasteiger partial charge in [0.2, 0.25) is 6.43 Å². The molecular weight excluding hydrogens is 521 g/mol. The lowest BCUT2D eigenvalue weighted by Gasteiger charge is -2.51. The Kier molecular flexibility index (Phi) is 6.97. The van der Waals surface area contributed by atoms with E-state index in [4.69, 9.17) is 21.3 Å². The van der Waals surface area contributed by atoms with Crippen LogP contribution in [0.4, 0.5) is 35.3 Å². The number of aromatic nitrogens is 3. The van der Waals surface area contributed by atoms with Crippen molar-refractivity contribution in [2.75, 3.05) is 23.3 Å². The van der Waals surface area contributed by atoms with E-state index < -0.39 is 24.3 Å². The molecule has 8 nitrogen and oxygen atoms in total. The summed E-state index contributed by atoms with van der Waals surface area (Å²) in [7, 11) is 0. The summed E-state index contributed by atoms with van der Waals surface area (Å²) < 4.78 is 46.1. The zero-order valence-corrected chi connectivity index (χ0v) is 22.0. The molecular formula is C26H28ClF3N6O2. The maximum atomic E-state index is 14.9. The standard InChI is InChI=1S/C26H28ClF3N6O2/c1-26(2,3)38-25(37)36-12-15-5-6-16(36)11-35(15)20-9-8-18-23(34-20)24(32-13-31-18)33-17-7-4-14(10-19(28)29)21(27)22(17)30/h4,7-9,13,15-16,19H,5-6,10-12H2,1-3H3,(H,31,32,33). The number of piperazine rings is 1. The second-order valence-electron chi connectivity index (χ2n) is 10.5. The number of benzene rings is 1. The van der Waals surface area contributed by atoms with Gasteiger partial charge in [-0.05, 0) is 57.4 Å². The van der Waals surface area contributed by atoms with Crippen LogP contribution in [0.2, 0.25) is 5.02 Å². The predicted octanol–water partition coefficient (Wildman–Crippen LogP) is 5.96. The lowest BCUT2D eigenvalue weighted by molar-refractivity contribution is 0.000787. The number of fused-ring (bicyclic) bond motifs is 4. The molecule has 3 aliphatic rings. The summed E-state index contributed by atoms with van der Waals surface area (Å²) >= 11 is 6.02. The monoisotopic (exact) mass is 548 g/mol. The SMILES string of the molecule is CC(C)(C)OC(=O)N1CC2CCC1CN2c1ccc2ncnc(Nc3ccc(CC(F)F)c(Cl)c3F)c2n1. The molecule has 0 saturated carbocycles. The first-order valence-electron chi connectivity index (χ1n) is 12.4. The molecule has 1 N–H and O–H groups in total. The molecule has 0 aliphatic carbocycles. The van der Waals surface area contributed by atoms with Gasteiger partial charge in [0.15, 0.2) is 11.6 Å². The van der Waals surface area contributed by atoms with Crippen LogP contribution >= 0.6 is 11.6 Å². The third-order valence-corrected chi connectivity index (χ3v) is 7.12. The topological polar surface area (TPSA) is 83.5 Å². The quantitative estimate of drug-likeness (QED) is 0.421. The molecule has 6 rings (SSSR count). The molecule has 3 saturated heterocycles. The van der Waals surface area contributed by atoms with Crippen molar-refractivity contribution in [3.63, 3.8) is 0 Å². The minimum atomic E-state index is -2.64. The van der Waals surface area contributed by atoms with E-state index in [1.54, 1.807) is 4.90 Å². The van der Waals surface area contributed by atoms with Gasteiger partial charge in [-0.3, -0.25) is 0 Å². The molecule has 0 radical (unpaired) electrons. The summed E-state index contributed by atoms with van der Waals surface area (Å²) in [6.45, 7) is 6.69. The smallest absolute Gasteiger partial charge is 0.410 e. The van der Waals surface area contributed by atoms with Crippen LogP contribution in [0.15, 0.2) is 30.6 Å². The van der Waals surface area contributed by atoms with Crippen LogP contribution in [-0.2, 0) is 11.2 Å². The molecule has 2 bridgehead atoms. The summed E-state index contributed by atoms with van der Waals surface area (Å²) in [5.41, 5.74) is 0.416. The van der Waals surface area contributed by atoms with Crippen molar-refractivity contribution in [1.82, 2.24) is 19.9 Å². The highest BCUT2D eigenvalue weighted by Gasteiger charge is 2.43. The number of anilines is 3. The van der Waals surface area contributed by atoms with Crippen molar-refractivity contribution in [3.8, 4) is 0 Å². The average molecular weight is 549 g/mol. The number of ether oxygens (including phenoxy) is 1. The Hall–Kier alpha value is -3.34. The van der Waals surface area contributed by atoms with E-state index in [1.165, 1.54) is 18.5 Å². The van der Waals surface area contributed by atoms with Crippen LogP contribution in [0.5, 0.6) is 0 Å². The third-order valence-electron chi connectivity index (χ3n) is 6.71. The zero-order chi connectivity index (χ0) is 27.2. The number of pyridine rings is 1. The number of halogens is 4. The van der Waals surface area contributed by atoms with Gasteiger partial charge < -0.3 is 19.9 Å². The van der Waals surface area contributed by atoms with Crippen LogP contribution in [0.25, 0.3) is 11.0 Å². The van der Waals surface area contributed by atoms with E-state index in [2.05, 4.69) is 20.2 Å². The van der Waals surface area contributed by atoms with Crippen molar-refractivity contribution in [1.29, 1.82) is 0 Å². The van der Waals surface area contributed by atoms with Gasteiger partial charge >= 0.3 is 6.09 Å². The number of hydrogen-bond donors (Lipinski definition) is 1. The van der Waals surface area contributed by atoms with Gasteiger partial charge in [-0.2, -0.15) is 0 Å². The maximum absolute atomic E-state index is 14.9. The van der Waals surface area contributed by atoms with Crippen LogP contribution < -0.4 is 10.2 Å². The second-order valence-corrected chi connectivity index (χ2v) is 10.9. The largest absolute Gasteiger partial charge is 0.444 e. The third kappa shape index (κ3) is 5.29. The number of alkyl halides is 2. The highest BCUT2D eigenvalue weighted by atomic mass is 35.5. The highest BCUT2D eigenvalue weighted by molar-refractivity contribution is 6.31. The van der Waals surface area contributed by atoms with Gasteiger partial charge in [0, 0.05) is 25.6 Å². The first-order chi connectivity index (χ1) is 18.0. The van der Waals surface area contributed by atoms with E-state index in [1.807, 2.05) is 32.9 Å². The summed E-state index contributed by atoms with van der Waals surface area (Å²) in [5.74, 6) is 0.106. The molecule has 3 fully saturated rings. The fourth-order valence-corrected chi connectivity index (χ4v) is 5.21. The average Bonchev–Trinajstić information content (AvgIpc) is 2.87. The molecule has 1 amide bonds. The number of nitrogens with zero attached hydrogens (tertiary/aromatic N) is 5. The molecule has 38 heavy (non-hydrogen) atoms. The summed E-state index contributed by atoms with van der Waals surface area (Å²) in [4.78, 5) is 30.0. The summed E-state index contributed by atoms with van der Waals surface area (Å²) in [5, 5.41) is 2.54. The molecule has 3 aromatic rings. The van der Waals surface area contributed by atoms with Gasteiger partial charge in [0.25, 0.3) is 0 Å². The van der Waals surface area contributed by atoms with Crippen LogP contribution in [0, 0.1) is 5.82 Å². The van der Waals surface area contributed by atoms with Gasteiger partial charge in [-0.1, -0.05) is 17.7 Å². The van der Waals surface area contributed by atoms with E-state index in [0.29, 0.717) is 29.9 Å². The Balaban J connectivity index is 1.40. The number of rotatable bonds is 5. The second kappa shape index (κ2) is 10.1. The minimum Gasteiger partial charge on any atom is -0.444 e. The number of carbonyl (C=O) groups is 1.